The van der Waals surface area contributed by atoms with E-state index < -0.39 is 0 Å². The summed E-state index contributed by atoms with van der Waals surface area (Å²) >= 11 is 6.89. The second kappa shape index (κ2) is 11.4. The minimum atomic E-state index is -0.0736. The van der Waals surface area contributed by atoms with Gasteiger partial charge in [0.15, 0.2) is 0 Å². The number of carbonyl (C=O) groups excluding carboxylic acids is 1. The van der Waals surface area contributed by atoms with Gasteiger partial charge in [0.2, 0.25) is 0 Å². The fourth-order valence-corrected chi connectivity index (χ4v) is 5.55. The molecule has 0 spiro atoms. The molecular formula is C28H29N3O3S2. The van der Waals surface area contributed by atoms with E-state index in [1.54, 1.807) is 4.90 Å². The minimum Gasteiger partial charge on any atom is -0.494 e. The molecule has 0 unspecified atom stereocenters. The summed E-state index contributed by atoms with van der Waals surface area (Å²) in [7, 11) is 0. The molecule has 2 saturated heterocycles. The summed E-state index contributed by atoms with van der Waals surface area (Å²) in [5.74, 6) is 0.736. The topological polar surface area (TPSA) is 56.6 Å². The van der Waals surface area contributed by atoms with Gasteiger partial charge in [0.05, 0.1) is 29.8 Å². The van der Waals surface area contributed by atoms with Crippen LogP contribution in [-0.2, 0) is 9.53 Å². The Labute approximate surface area is 221 Å². The molecule has 0 bridgehead atoms. The second-order valence-electron chi connectivity index (χ2n) is 8.87. The van der Waals surface area contributed by atoms with Crippen LogP contribution in [0.5, 0.6) is 5.75 Å². The van der Waals surface area contributed by atoms with E-state index in [0.717, 1.165) is 60.5 Å². The predicted molar refractivity (Wildman–Crippen MR) is 148 cm³/mol. The van der Waals surface area contributed by atoms with Crippen LogP contribution in [0.15, 0.2) is 65.7 Å². The van der Waals surface area contributed by atoms with Crippen molar-refractivity contribution in [1.29, 1.82) is 0 Å². The fourth-order valence-electron chi connectivity index (χ4n) is 4.29. The Morgan fingerprint density at radius 1 is 1.22 bits per heavy atom. The number of para-hydroxylation sites is 1. The van der Waals surface area contributed by atoms with Gasteiger partial charge in [-0.2, -0.15) is 5.10 Å². The Morgan fingerprint density at radius 2 is 2.08 bits per heavy atom. The average molecular weight is 520 g/mol. The zero-order valence-electron chi connectivity index (χ0n) is 20.3. The summed E-state index contributed by atoms with van der Waals surface area (Å²) < 4.78 is 14.1. The van der Waals surface area contributed by atoms with Crippen molar-refractivity contribution in [2.75, 3.05) is 19.8 Å². The fraction of sp³-hybridized carbons (Fsp3) is 0.321. The first-order valence-electron chi connectivity index (χ1n) is 12.4. The molecule has 0 radical (unpaired) electrons. The Hall–Kier alpha value is -2.94. The minimum absolute atomic E-state index is 0.0543. The molecule has 8 heteroatoms. The smallest absolute Gasteiger partial charge is 0.266 e. The number of aromatic nitrogens is 2. The molecule has 2 aliphatic rings. The van der Waals surface area contributed by atoms with Crippen LogP contribution in [0.3, 0.4) is 0 Å². The Balaban J connectivity index is 1.48. The third kappa shape index (κ3) is 5.56. The Bertz CT molecular complexity index is 1270. The number of benzene rings is 2. The van der Waals surface area contributed by atoms with Crippen LogP contribution < -0.4 is 4.74 Å². The molecule has 1 amide bonds. The molecule has 5 rings (SSSR count). The lowest BCUT2D eigenvalue weighted by Gasteiger charge is -2.18. The molecule has 1 aromatic heterocycles. The molecule has 3 heterocycles. The van der Waals surface area contributed by atoms with E-state index in [0.29, 0.717) is 22.4 Å². The molecule has 2 aromatic carbocycles. The van der Waals surface area contributed by atoms with Gasteiger partial charge in [-0.25, -0.2) is 4.68 Å². The molecule has 186 valence electrons. The first kappa shape index (κ1) is 24.7. The van der Waals surface area contributed by atoms with Crippen molar-refractivity contribution in [2.24, 2.45) is 0 Å². The summed E-state index contributed by atoms with van der Waals surface area (Å²) in [6.45, 7) is 4.08. The Morgan fingerprint density at radius 3 is 2.86 bits per heavy atom. The molecule has 3 aromatic rings. The molecule has 2 fully saturated rings. The van der Waals surface area contributed by atoms with Gasteiger partial charge in [0.1, 0.15) is 15.8 Å². The average Bonchev–Trinajstić information content (AvgIpc) is 3.63. The summed E-state index contributed by atoms with van der Waals surface area (Å²) in [6.07, 6.45) is 7.99. The predicted octanol–water partition coefficient (Wildman–Crippen LogP) is 6.10. The van der Waals surface area contributed by atoms with E-state index in [1.807, 2.05) is 71.6 Å². The molecule has 0 aliphatic carbocycles. The molecule has 0 N–H and O–H groups in total. The van der Waals surface area contributed by atoms with Crippen LogP contribution >= 0.6 is 24.0 Å². The third-order valence-corrected chi connectivity index (χ3v) is 7.59. The molecule has 6 nitrogen and oxygen atoms in total. The monoisotopic (exact) mass is 519 g/mol. The lowest BCUT2D eigenvalue weighted by atomic mass is 10.1. The van der Waals surface area contributed by atoms with Gasteiger partial charge in [-0.1, -0.05) is 67.7 Å². The first-order chi connectivity index (χ1) is 17.6. The molecule has 2 aliphatic heterocycles. The van der Waals surface area contributed by atoms with E-state index in [9.17, 15) is 4.79 Å². The van der Waals surface area contributed by atoms with Gasteiger partial charge >= 0.3 is 0 Å². The van der Waals surface area contributed by atoms with Gasteiger partial charge in [-0.3, -0.25) is 9.69 Å². The van der Waals surface area contributed by atoms with Crippen LogP contribution in [-0.4, -0.2) is 50.8 Å². The molecule has 0 saturated carbocycles. The standard InChI is InChI=1S/C28H29N3O3S2/c1-2-3-14-33-23-12-7-9-20(16-23)26-21(18-31(29-26)22-10-5-4-6-11-22)17-25-27(32)30(28(35)36-25)19-24-13-8-15-34-24/h4-7,9-12,16-18,24H,2-3,8,13-15,19H2,1H3/b25-17-/t24-/m0/s1. The number of amides is 1. The highest BCUT2D eigenvalue weighted by Crippen LogP contribution is 2.36. The number of rotatable bonds is 9. The van der Waals surface area contributed by atoms with Crippen LogP contribution in [0.1, 0.15) is 38.2 Å². The zero-order chi connectivity index (χ0) is 24.9. The number of unbranched alkanes of at least 4 members (excludes halogenated alkanes) is 1. The van der Waals surface area contributed by atoms with Crippen molar-refractivity contribution in [3.63, 3.8) is 0 Å². The maximum atomic E-state index is 13.3. The van der Waals surface area contributed by atoms with Crippen molar-refractivity contribution in [3.8, 4) is 22.7 Å². The van der Waals surface area contributed by atoms with E-state index in [1.165, 1.54) is 11.8 Å². The lowest BCUT2D eigenvalue weighted by molar-refractivity contribution is -0.123. The summed E-state index contributed by atoms with van der Waals surface area (Å²) in [6, 6.07) is 17.9. The Kier molecular flexibility index (Phi) is 7.84. The van der Waals surface area contributed by atoms with Crippen LogP contribution in [0.4, 0.5) is 0 Å². The van der Waals surface area contributed by atoms with Gasteiger partial charge < -0.3 is 9.47 Å². The maximum absolute atomic E-state index is 13.3. The zero-order valence-corrected chi connectivity index (χ0v) is 21.9. The normalized spacial score (nSPS) is 19.0. The highest BCUT2D eigenvalue weighted by Gasteiger charge is 2.35. The third-order valence-electron chi connectivity index (χ3n) is 6.21. The lowest BCUT2D eigenvalue weighted by Crippen LogP contribution is -2.35. The van der Waals surface area contributed by atoms with Crippen LogP contribution in [0, 0.1) is 0 Å². The molecule has 36 heavy (non-hydrogen) atoms. The first-order valence-corrected chi connectivity index (χ1v) is 13.6. The van der Waals surface area contributed by atoms with Crippen molar-refractivity contribution in [2.45, 2.75) is 38.7 Å². The number of carbonyl (C=O) groups is 1. The van der Waals surface area contributed by atoms with Crippen LogP contribution in [0.2, 0.25) is 0 Å². The summed E-state index contributed by atoms with van der Waals surface area (Å²) in [5, 5.41) is 4.91. The number of ether oxygens (including phenoxy) is 2. The summed E-state index contributed by atoms with van der Waals surface area (Å²) in [4.78, 5) is 15.6. The maximum Gasteiger partial charge on any atom is 0.266 e. The van der Waals surface area contributed by atoms with E-state index in [-0.39, 0.29) is 12.0 Å². The van der Waals surface area contributed by atoms with Gasteiger partial charge in [-0.15, -0.1) is 0 Å². The SMILES string of the molecule is CCCCOc1cccc(-c2nn(-c3ccccc3)cc2/C=C2\SC(=S)N(C[C@@H]3CCCO3)C2=O)c1. The van der Waals surface area contributed by atoms with E-state index in [4.69, 9.17) is 26.8 Å². The largest absolute Gasteiger partial charge is 0.494 e. The van der Waals surface area contributed by atoms with Crippen molar-refractivity contribution in [3.05, 3.63) is 71.3 Å². The van der Waals surface area contributed by atoms with Crippen molar-refractivity contribution < 1.29 is 14.3 Å². The highest BCUT2D eigenvalue weighted by atomic mass is 32.2. The van der Waals surface area contributed by atoms with E-state index >= 15 is 0 Å². The second-order valence-corrected chi connectivity index (χ2v) is 10.5. The number of hydrogen-bond acceptors (Lipinski definition) is 6. The number of thioether (sulfide) groups is 1. The van der Waals surface area contributed by atoms with Crippen molar-refractivity contribution >= 4 is 40.3 Å². The number of nitrogens with zero attached hydrogens (tertiary/aromatic N) is 3. The van der Waals surface area contributed by atoms with Gasteiger partial charge in [0, 0.05) is 23.9 Å². The number of hydrogen-bond donors (Lipinski definition) is 0. The molecule has 1 atom stereocenters. The highest BCUT2D eigenvalue weighted by molar-refractivity contribution is 8.26. The quantitative estimate of drug-likeness (QED) is 0.193. The summed E-state index contributed by atoms with van der Waals surface area (Å²) in [5.41, 5.74) is 3.51. The van der Waals surface area contributed by atoms with Crippen molar-refractivity contribution in [1.82, 2.24) is 14.7 Å². The van der Waals surface area contributed by atoms with E-state index in [2.05, 4.69) is 6.92 Å². The molecular weight excluding hydrogens is 490 g/mol. The number of thiocarbonyl (C=S) groups is 1. The van der Waals surface area contributed by atoms with Crippen LogP contribution in [0.25, 0.3) is 23.0 Å². The van der Waals surface area contributed by atoms with Gasteiger partial charge in [-0.05, 0) is 49.6 Å². The van der Waals surface area contributed by atoms with Gasteiger partial charge in [0.25, 0.3) is 5.91 Å².